The van der Waals surface area contributed by atoms with Crippen molar-refractivity contribution < 1.29 is 14.4 Å². The molecule has 0 saturated heterocycles. The number of nitrogens with one attached hydrogen (secondary N) is 1. The summed E-state index contributed by atoms with van der Waals surface area (Å²) in [5.41, 5.74) is 4.27. The number of fused-ring (bicyclic) bond motifs is 3. The monoisotopic (exact) mass is 437 g/mol. The van der Waals surface area contributed by atoms with Gasteiger partial charge in [-0.3, -0.25) is 24.8 Å². The van der Waals surface area contributed by atoms with Crippen LogP contribution in [0.25, 0.3) is 10.9 Å². The van der Waals surface area contributed by atoms with Gasteiger partial charge in [0, 0.05) is 16.8 Å². The van der Waals surface area contributed by atoms with E-state index in [1.165, 1.54) is 19.3 Å². The number of hydrogen-bond donors (Lipinski definition) is 1. The van der Waals surface area contributed by atoms with Crippen LogP contribution in [0.4, 0.5) is 0 Å². The van der Waals surface area contributed by atoms with Crippen LogP contribution in [0.15, 0.2) is 18.2 Å². The topological polar surface area (TPSA) is 79.4 Å². The van der Waals surface area contributed by atoms with Crippen molar-refractivity contribution in [2.24, 2.45) is 23.2 Å². The summed E-state index contributed by atoms with van der Waals surface area (Å²) >= 11 is 6.13. The standard InChI is InChI=1S/C24H24ClN3O3/c1-12-20-21(17-7-16(25)2-3-18(17)26-12)23(31)28(22(20)30)27-19(29)11-24-8-13-4-14(9-24)6-15(5-13)10-24/h2-3,7,13-15H,4-6,8-11H2,1H3,(H,27,29). The highest BCUT2D eigenvalue weighted by molar-refractivity contribution is 6.32. The molecule has 1 aliphatic heterocycles. The van der Waals surface area contributed by atoms with E-state index in [4.69, 9.17) is 11.6 Å². The van der Waals surface area contributed by atoms with Crippen LogP contribution < -0.4 is 5.43 Å². The number of aryl methyl sites for hydroxylation is 1. The Kier molecular flexibility index (Phi) is 4.04. The summed E-state index contributed by atoms with van der Waals surface area (Å²) in [7, 11) is 0. The van der Waals surface area contributed by atoms with Crippen molar-refractivity contribution in [2.45, 2.75) is 51.9 Å². The third kappa shape index (κ3) is 2.91. The fourth-order valence-electron chi connectivity index (χ4n) is 7.27. The third-order valence-corrected chi connectivity index (χ3v) is 8.13. The van der Waals surface area contributed by atoms with E-state index in [1.807, 2.05) is 0 Å². The van der Waals surface area contributed by atoms with Crippen LogP contribution in [0.5, 0.6) is 0 Å². The van der Waals surface area contributed by atoms with Crippen LogP contribution >= 0.6 is 11.6 Å². The molecule has 1 N–H and O–H groups in total. The SMILES string of the molecule is Cc1nc2ccc(Cl)cc2c2c1C(=O)N(NC(=O)CC13CC4CC(CC(C4)C1)C3)C2=O. The van der Waals surface area contributed by atoms with Gasteiger partial charge in [0.15, 0.2) is 0 Å². The molecule has 4 bridgehead atoms. The molecule has 2 heterocycles. The molecule has 0 unspecified atom stereocenters. The maximum Gasteiger partial charge on any atom is 0.282 e. The van der Waals surface area contributed by atoms with Gasteiger partial charge >= 0.3 is 0 Å². The van der Waals surface area contributed by atoms with Crippen molar-refractivity contribution in [1.29, 1.82) is 0 Å². The van der Waals surface area contributed by atoms with E-state index >= 15 is 0 Å². The van der Waals surface area contributed by atoms with Gasteiger partial charge in [-0.05, 0) is 86.8 Å². The molecule has 4 fully saturated rings. The minimum atomic E-state index is -0.522. The Bertz CT molecular complexity index is 1140. The molecule has 5 aliphatic rings. The van der Waals surface area contributed by atoms with Crippen molar-refractivity contribution in [3.63, 3.8) is 0 Å². The van der Waals surface area contributed by atoms with Gasteiger partial charge in [0.2, 0.25) is 5.91 Å². The molecular formula is C24H24ClN3O3. The van der Waals surface area contributed by atoms with Crippen LogP contribution in [0, 0.1) is 30.1 Å². The van der Waals surface area contributed by atoms with Crippen molar-refractivity contribution in [3.05, 3.63) is 40.0 Å². The van der Waals surface area contributed by atoms with Crippen LogP contribution in [-0.2, 0) is 4.79 Å². The molecule has 1 aromatic heterocycles. The summed E-state index contributed by atoms with van der Waals surface area (Å²) in [5.74, 6) is 0.932. The first-order valence-electron chi connectivity index (χ1n) is 11.1. The normalized spacial score (nSPS) is 30.9. The number of carbonyl (C=O) groups excluding carboxylic acids is 3. The van der Waals surface area contributed by atoms with Gasteiger partial charge in [0.05, 0.1) is 22.3 Å². The first-order chi connectivity index (χ1) is 14.8. The van der Waals surface area contributed by atoms with Gasteiger partial charge in [0.25, 0.3) is 11.8 Å². The van der Waals surface area contributed by atoms with E-state index in [0.717, 1.165) is 42.0 Å². The van der Waals surface area contributed by atoms with Crippen LogP contribution in [0.3, 0.4) is 0 Å². The fraction of sp³-hybridized carbons (Fsp3) is 0.500. The molecule has 0 spiro atoms. The maximum atomic E-state index is 13.2. The number of nitrogens with zero attached hydrogens (tertiary/aromatic N) is 2. The number of halogens is 1. The lowest BCUT2D eigenvalue weighted by Crippen LogP contribution is -2.51. The molecule has 4 saturated carbocycles. The minimum Gasteiger partial charge on any atom is -0.273 e. The van der Waals surface area contributed by atoms with Gasteiger partial charge in [-0.1, -0.05) is 11.6 Å². The molecule has 6 nitrogen and oxygen atoms in total. The molecule has 7 heteroatoms. The van der Waals surface area contributed by atoms with E-state index in [-0.39, 0.29) is 22.4 Å². The zero-order valence-electron chi connectivity index (χ0n) is 17.4. The van der Waals surface area contributed by atoms with E-state index < -0.39 is 11.8 Å². The van der Waals surface area contributed by atoms with E-state index in [0.29, 0.717) is 28.0 Å². The lowest BCUT2D eigenvalue weighted by atomic mass is 9.49. The lowest BCUT2D eigenvalue weighted by Gasteiger charge is -2.56. The van der Waals surface area contributed by atoms with Crippen LogP contribution in [0.1, 0.15) is 71.4 Å². The Morgan fingerprint density at radius 1 is 1.10 bits per heavy atom. The predicted octanol–water partition coefficient (Wildman–Crippen LogP) is 4.43. The Labute approximate surface area is 185 Å². The average Bonchev–Trinajstić information content (AvgIpc) is 2.93. The van der Waals surface area contributed by atoms with Crippen molar-refractivity contribution in [2.75, 3.05) is 0 Å². The Morgan fingerprint density at radius 3 is 2.35 bits per heavy atom. The Hall–Kier alpha value is -2.47. The highest BCUT2D eigenvalue weighted by atomic mass is 35.5. The van der Waals surface area contributed by atoms with Gasteiger partial charge in [-0.15, -0.1) is 0 Å². The number of pyridine rings is 1. The van der Waals surface area contributed by atoms with Crippen molar-refractivity contribution in [1.82, 2.24) is 15.4 Å². The average molecular weight is 438 g/mol. The largest absolute Gasteiger partial charge is 0.282 e. The maximum absolute atomic E-state index is 13.2. The Balaban J connectivity index is 1.27. The van der Waals surface area contributed by atoms with Gasteiger partial charge < -0.3 is 0 Å². The van der Waals surface area contributed by atoms with Gasteiger partial charge in [0.1, 0.15) is 0 Å². The number of amides is 3. The van der Waals surface area contributed by atoms with Crippen molar-refractivity contribution in [3.8, 4) is 0 Å². The second-order valence-corrected chi connectivity index (χ2v) is 10.6. The summed E-state index contributed by atoms with van der Waals surface area (Å²) in [4.78, 5) is 43.8. The molecule has 0 atom stereocenters. The number of imide groups is 1. The number of benzene rings is 1. The number of carbonyl (C=O) groups is 3. The fourth-order valence-corrected chi connectivity index (χ4v) is 7.44. The minimum absolute atomic E-state index is 0.0369. The lowest BCUT2D eigenvalue weighted by molar-refractivity contribution is -0.132. The number of hydrogen-bond acceptors (Lipinski definition) is 4. The molecule has 160 valence electrons. The summed E-state index contributed by atoms with van der Waals surface area (Å²) in [6.45, 7) is 1.71. The zero-order chi connectivity index (χ0) is 21.5. The van der Waals surface area contributed by atoms with E-state index in [1.54, 1.807) is 25.1 Å². The molecule has 1 aromatic carbocycles. The second kappa shape index (κ2) is 6.52. The first kappa shape index (κ1) is 19.2. The molecule has 4 aliphatic carbocycles. The van der Waals surface area contributed by atoms with E-state index in [9.17, 15) is 14.4 Å². The summed E-state index contributed by atoms with van der Waals surface area (Å²) in [6, 6.07) is 5.08. The first-order valence-corrected chi connectivity index (χ1v) is 11.5. The number of rotatable bonds is 3. The summed E-state index contributed by atoms with van der Waals surface area (Å²) in [5, 5.41) is 1.87. The number of aromatic nitrogens is 1. The highest BCUT2D eigenvalue weighted by Crippen LogP contribution is 2.61. The molecule has 31 heavy (non-hydrogen) atoms. The van der Waals surface area contributed by atoms with Crippen LogP contribution in [0.2, 0.25) is 5.02 Å². The predicted molar refractivity (Wildman–Crippen MR) is 115 cm³/mol. The summed E-state index contributed by atoms with van der Waals surface area (Å²) < 4.78 is 0. The summed E-state index contributed by atoms with van der Waals surface area (Å²) in [6.07, 6.45) is 7.60. The zero-order valence-corrected chi connectivity index (χ0v) is 18.2. The highest BCUT2D eigenvalue weighted by Gasteiger charge is 2.52. The molecule has 3 amide bonds. The third-order valence-electron chi connectivity index (χ3n) is 7.90. The van der Waals surface area contributed by atoms with Crippen molar-refractivity contribution >= 4 is 40.2 Å². The molecule has 0 radical (unpaired) electrons. The van der Waals surface area contributed by atoms with Gasteiger partial charge in [-0.2, -0.15) is 5.01 Å². The Morgan fingerprint density at radius 2 is 1.71 bits per heavy atom. The molecular weight excluding hydrogens is 414 g/mol. The van der Waals surface area contributed by atoms with Crippen LogP contribution in [-0.4, -0.2) is 27.7 Å². The second-order valence-electron chi connectivity index (χ2n) is 10.2. The van der Waals surface area contributed by atoms with Gasteiger partial charge in [-0.25, -0.2) is 0 Å². The quantitative estimate of drug-likeness (QED) is 0.720. The molecule has 2 aromatic rings. The smallest absolute Gasteiger partial charge is 0.273 e. The van der Waals surface area contributed by atoms with E-state index in [2.05, 4.69) is 10.4 Å². The molecule has 7 rings (SSSR count). The number of hydrazine groups is 1.